The quantitative estimate of drug-likeness (QED) is 0.495. The van der Waals surface area contributed by atoms with Gasteiger partial charge in [-0.15, -0.1) is 0 Å². The number of rotatable bonds is 3. The van der Waals surface area contributed by atoms with Crippen molar-refractivity contribution in [1.82, 2.24) is 15.2 Å². The van der Waals surface area contributed by atoms with Gasteiger partial charge in [0.15, 0.2) is 5.69 Å². The fraction of sp³-hybridized carbons (Fsp3) is 0.118. The Morgan fingerprint density at radius 2 is 2.07 bits per heavy atom. The molecule has 0 saturated carbocycles. The van der Waals surface area contributed by atoms with Crippen LogP contribution in [0.2, 0.25) is 5.15 Å². The highest BCUT2D eigenvalue weighted by Gasteiger charge is 2.37. The molecular formula is C17H11ClF4N4O. The second-order valence-electron chi connectivity index (χ2n) is 5.59. The maximum atomic E-state index is 13.6. The number of aromatic amines is 1. The van der Waals surface area contributed by atoms with Gasteiger partial charge in [-0.3, -0.25) is 9.89 Å². The summed E-state index contributed by atoms with van der Waals surface area (Å²) in [6.07, 6.45) is -1.96. The lowest BCUT2D eigenvalue weighted by Crippen LogP contribution is -2.18. The Morgan fingerprint density at radius 1 is 1.33 bits per heavy atom. The van der Waals surface area contributed by atoms with E-state index in [9.17, 15) is 22.4 Å². The molecule has 0 saturated heterocycles. The first-order chi connectivity index (χ1) is 12.7. The number of aromatic nitrogens is 3. The van der Waals surface area contributed by atoms with Crippen LogP contribution in [0.15, 0.2) is 30.5 Å². The molecule has 0 bridgehead atoms. The molecular weight excluding hydrogens is 388 g/mol. The highest BCUT2D eigenvalue weighted by Crippen LogP contribution is 2.35. The number of carbonyl (C=O) groups is 1. The van der Waals surface area contributed by atoms with Crippen LogP contribution in [-0.2, 0) is 11.0 Å². The van der Waals surface area contributed by atoms with E-state index in [1.54, 1.807) is 18.2 Å². The average molecular weight is 399 g/mol. The first kappa shape index (κ1) is 18.8. The van der Waals surface area contributed by atoms with Gasteiger partial charge in [-0.25, -0.2) is 9.37 Å². The zero-order valence-electron chi connectivity index (χ0n) is 13.7. The number of amides is 1. The van der Waals surface area contributed by atoms with Crippen LogP contribution in [0, 0.1) is 12.7 Å². The Kier molecular flexibility index (Phi) is 4.88. The van der Waals surface area contributed by atoms with Crippen molar-refractivity contribution < 1.29 is 22.4 Å². The minimum absolute atomic E-state index is 0.355. The smallest absolute Gasteiger partial charge is 0.320 e. The number of hydrogen-bond donors (Lipinski definition) is 2. The molecule has 27 heavy (non-hydrogen) atoms. The zero-order valence-corrected chi connectivity index (χ0v) is 14.4. The van der Waals surface area contributed by atoms with Crippen molar-refractivity contribution in [2.75, 3.05) is 5.32 Å². The zero-order chi connectivity index (χ0) is 19.8. The lowest BCUT2D eigenvalue weighted by Gasteiger charge is -2.14. The number of pyridine rings is 1. The predicted molar refractivity (Wildman–Crippen MR) is 92.7 cm³/mol. The molecule has 3 rings (SSSR count). The van der Waals surface area contributed by atoms with Gasteiger partial charge in [0, 0.05) is 17.0 Å². The number of hydrogen-bond acceptors (Lipinski definition) is 3. The van der Waals surface area contributed by atoms with Crippen molar-refractivity contribution >= 4 is 40.2 Å². The van der Waals surface area contributed by atoms with Gasteiger partial charge in [0.25, 0.3) is 0 Å². The average Bonchev–Trinajstić information content (AvgIpc) is 2.97. The highest BCUT2D eigenvalue weighted by atomic mass is 35.5. The number of H-pyrrole nitrogens is 1. The largest absolute Gasteiger partial charge is 0.435 e. The molecule has 0 atom stereocenters. The van der Waals surface area contributed by atoms with Crippen LogP contribution in [0.3, 0.4) is 0 Å². The number of carbonyl (C=O) groups excluding carboxylic acids is 1. The summed E-state index contributed by atoms with van der Waals surface area (Å²) in [6.45, 7) is 1.13. The SMILES string of the molecule is Cc1c(F)cnc(C(F)(F)F)c1NC(=O)/C=C/c1ccc2c(Cl)[nH]nc2c1. The Hall–Kier alpha value is -2.94. The van der Waals surface area contributed by atoms with Gasteiger partial charge in [0.2, 0.25) is 5.91 Å². The minimum atomic E-state index is -4.84. The molecule has 2 N–H and O–H groups in total. The maximum Gasteiger partial charge on any atom is 0.435 e. The second kappa shape index (κ2) is 6.99. The topological polar surface area (TPSA) is 70.7 Å². The number of halogens is 5. The number of anilines is 1. The highest BCUT2D eigenvalue weighted by molar-refractivity contribution is 6.34. The molecule has 0 spiro atoms. The standard InChI is InChI=1S/C17H11ClF4N4O/c1-8-11(19)7-23-15(17(20,21)22)14(8)24-13(27)5-3-9-2-4-10-12(6-9)25-26-16(10)18/h2-7H,1H3,(H,24,27)(H,25,26)/b5-3+. The molecule has 5 nitrogen and oxygen atoms in total. The van der Waals surface area contributed by atoms with Gasteiger partial charge in [0.1, 0.15) is 11.0 Å². The van der Waals surface area contributed by atoms with E-state index in [1.165, 1.54) is 6.08 Å². The van der Waals surface area contributed by atoms with Crippen molar-refractivity contribution in [2.45, 2.75) is 13.1 Å². The fourth-order valence-corrected chi connectivity index (χ4v) is 2.59. The lowest BCUT2D eigenvalue weighted by molar-refractivity contribution is -0.140. The third-order valence-electron chi connectivity index (χ3n) is 3.75. The van der Waals surface area contributed by atoms with Crippen LogP contribution in [0.5, 0.6) is 0 Å². The molecule has 3 aromatic rings. The summed E-state index contributed by atoms with van der Waals surface area (Å²) in [5.41, 5.74) is -1.30. The van der Waals surface area contributed by atoms with Crippen LogP contribution < -0.4 is 5.32 Å². The van der Waals surface area contributed by atoms with Gasteiger partial charge < -0.3 is 5.32 Å². The number of fused-ring (bicyclic) bond motifs is 1. The number of alkyl halides is 3. The molecule has 2 heterocycles. The molecule has 0 aliphatic rings. The van der Waals surface area contributed by atoms with E-state index < -0.39 is 29.3 Å². The normalized spacial score (nSPS) is 12.1. The predicted octanol–water partition coefficient (Wildman–Crippen LogP) is 4.73. The Balaban J connectivity index is 1.85. The summed E-state index contributed by atoms with van der Waals surface area (Å²) in [4.78, 5) is 15.1. The van der Waals surface area contributed by atoms with Crippen molar-refractivity contribution in [2.24, 2.45) is 0 Å². The molecule has 0 aliphatic carbocycles. The van der Waals surface area contributed by atoms with Gasteiger partial charge >= 0.3 is 6.18 Å². The summed E-state index contributed by atoms with van der Waals surface area (Å²) in [6, 6.07) is 4.97. The molecule has 0 radical (unpaired) electrons. The van der Waals surface area contributed by atoms with Crippen LogP contribution in [-0.4, -0.2) is 21.1 Å². The van der Waals surface area contributed by atoms with E-state index in [2.05, 4.69) is 15.2 Å². The van der Waals surface area contributed by atoms with Crippen LogP contribution in [0.25, 0.3) is 17.0 Å². The van der Waals surface area contributed by atoms with Crippen molar-refractivity contribution in [1.29, 1.82) is 0 Å². The van der Waals surface area contributed by atoms with Crippen molar-refractivity contribution in [3.63, 3.8) is 0 Å². The van der Waals surface area contributed by atoms with Crippen LogP contribution >= 0.6 is 11.6 Å². The molecule has 140 valence electrons. The summed E-state index contributed by atoms with van der Waals surface area (Å²) >= 11 is 5.89. The second-order valence-corrected chi connectivity index (χ2v) is 5.97. The van der Waals surface area contributed by atoms with E-state index in [0.717, 1.165) is 13.0 Å². The lowest BCUT2D eigenvalue weighted by atomic mass is 10.1. The molecule has 0 unspecified atom stereocenters. The Bertz CT molecular complexity index is 1060. The van der Waals surface area contributed by atoms with Gasteiger partial charge in [0.05, 0.1) is 17.4 Å². The minimum Gasteiger partial charge on any atom is -0.320 e. The van der Waals surface area contributed by atoms with E-state index in [1.807, 2.05) is 5.32 Å². The first-order valence-electron chi connectivity index (χ1n) is 7.52. The Labute approximate surface area is 155 Å². The van der Waals surface area contributed by atoms with E-state index in [0.29, 0.717) is 27.8 Å². The molecule has 1 amide bonds. The number of benzene rings is 1. The third kappa shape index (κ3) is 3.92. The number of nitrogens with zero attached hydrogens (tertiary/aromatic N) is 2. The summed E-state index contributed by atoms with van der Waals surface area (Å²) in [7, 11) is 0. The fourth-order valence-electron chi connectivity index (χ4n) is 2.38. The monoisotopic (exact) mass is 398 g/mol. The van der Waals surface area contributed by atoms with Gasteiger partial charge in [-0.05, 0) is 30.7 Å². The Morgan fingerprint density at radius 3 is 2.78 bits per heavy atom. The molecule has 0 fully saturated rings. The summed E-state index contributed by atoms with van der Waals surface area (Å²) in [5, 5.41) is 9.67. The van der Waals surface area contributed by atoms with Gasteiger partial charge in [-0.1, -0.05) is 17.7 Å². The first-order valence-corrected chi connectivity index (χ1v) is 7.89. The van der Waals surface area contributed by atoms with Crippen LogP contribution in [0.1, 0.15) is 16.8 Å². The number of nitrogens with one attached hydrogen (secondary N) is 2. The summed E-state index contributed by atoms with van der Waals surface area (Å²) < 4.78 is 52.7. The van der Waals surface area contributed by atoms with Crippen molar-refractivity contribution in [3.8, 4) is 0 Å². The maximum absolute atomic E-state index is 13.6. The molecule has 2 aromatic heterocycles. The van der Waals surface area contributed by atoms with Gasteiger partial charge in [-0.2, -0.15) is 18.3 Å². The molecule has 10 heteroatoms. The molecule has 1 aromatic carbocycles. The third-order valence-corrected chi connectivity index (χ3v) is 4.04. The van der Waals surface area contributed by atoms with Crippen LogP contribution in [0.4, 0.5) is 23.2 Å². The molecule has 0 aliphatic heterocycles. The van der Waals surface area contributed by atoms with E-state index >= 15 is 0 Å². The van der Waals surface area contributed by atoms with E-state index in [-0.39, 0.29) is 5.56 Å². The summed E-state index contributed by atoms with van der Waals surface area (Å²) in [5.74, 6) is -1.82. The van der Waals surface area contributed by atoms with Crippen molar-refractivity contribution in [3.05, 3.63) is 58.3 Å². The van der Waals surface area contributed by atoms with E-state index in [4.69, 9.17) is 11.6 Å².